The van der Waals surface area contributed by atoms with E-state index in [2.05, 4.69) is 14.9 Å². The first-order valence-electron chi connectivity index (χ1n) is 8.22. The Morgan fingerprint density at radius 2 is 1.79 bits per heavy atom. The molecule has 1 heterocycles. The Labute approximate surface area is 165 Å². The topological polar surface area (TPSA) is 165 Å². The molecule has 2 rings (SSSR count). The zero-order chi connectivity index (χ0) is 21.7. The van der Waals surface area contributed by atoms with Crippen LogP contribution in [0.15, 0.2) is 12.1 Å². The normalized spacial score (nSPS) is 11.4. The third kappa shape index (κ3) is 4.91. The van der Waals surface area contributed by atoms with Crippen LogP contribution in [0, 0.1) is 0 Å². The highest BCUT2D eigenvalue weighted by Crippen LogP contribution is 2.33. The van der Waals surface area contributed by atoms with Crippen LogP contribution in [0.2, 0.25) is 0 Å². The molecule has 0 aliphatic rings. The number of carbonyl (C=O) groups is 3. The lowest BCUT2D eigenvalue weighted by molar-refractivity contribution is -0.145. The molecule has 0 fully saturated rings. The van der Waals surface area contributed by atoms with Gasteiger partial charge < -0.3 is 29.8 Å². The van der Waals surface area contributed by atoms with Crippen molar-refractivity contribution in [3.8, 4) is 11.5 Å². The molecule has 0 bridgehead atoms. The second-order valence-electron chi connectivity index (χ2n) is 5.72. The van der Waals surface area contributed by atoms with Gasteiger partial charge in [-0.1, -0.05) is 0 Å². The Balaban J connectivity index is 2.52. The predicted octanol–water partition coefficient (Wildman–Crippen LogP) is 1.38. The van der Waals surface area contributed by atoms with E-state index in [-0.39, 0.29) is 35.1 Å². The lowest BCUT2D eigenvalue weighted by Gasteiger charge is -2.12. The van der Waals surface area contributed by atoms with Gasteiger partial charge in [-0.2, -0.15) is 5.10 Å². The summed E-state index contributed by atoms with van der Waals surface area (Å²) in [6.07, 6.45) is -2.69. The van der Waals surface area contributed by atoms with Gasteiger partial charge in [-0.25, -0.2) is 4.79 Å². The van der Waals surface area contributed by atoms with Crippen LogP contribution in [0.25, 0.3) is 0 Å². The Morgan fingerprint density at radius 1 is 1.17 bits per heavy atom. The molecule has 1 aromatic heterocycles. The van der Waals surface area contributed by atoms with Crippen LogP contribution in [-0.2, 0) is 21.0 Å². The van der Waals surface area contributed by atoms with Gasteiger partial charge in [0.25, 0.3) is 0 Å². The van der Waals surface area contributed by atoms with Gasteiger partial charge in [0.2, 0.25) is 12.5 Å². The minimum absolute atomic E-state index is 0.0333. The lowest BCUT2D eigenvalue weighted by atomic mass is 10.0. The van der Waals surface area contributed by atoms with Crippen molar-refractivity contribution >= 4 is 23.6 Å². The summed E-state index contributed by atoms with van der Waals surface area (Å²) in [5, 5.41) is 16.9. The van der Waals surface area contributed by atoms with Crippen molar-refractivity contribution in [2.45, 2.75) is 26.7 Å². The average Bonchev–Trinajstić information content (AvgIpc) is 3.09. The highest BCUT2D eigenvalue weighted by molar-refractivity contribution is 6.12. The largest absolute Gasteiger partial charge is 0.506 e. The Morgan fingerprint density at radius 3 is 2.34 bits per heavy atom. The van der Waals surface area contributed by atoms with Gasteiger partial charge in [0.05, 0.1) is 19.8 Å². The third-order valence-electron chi connectivity index (χ3n) is 3.74. The van der Waals surface area contributed by atoms with Gasteiger partial charge in [0.1, 0.15) is 11.8 Å². The molecular weight excluding hydrogens is 388 g/mol. The number of methoxy groups -OCH3 is 2. The SMILES string of the molecule is COc1cc(N)c(C(=O)c2nn(COC(C)=O)nc2C(C)OC(=O)O)cc1OC. The number of carbonyl (C=O) groups excluding carboxylic acids is 2. The van der Waals surface area contributed by atoms with Crippen molar-refractivity contribution in [3.05, 3.63) is 29.1 Å². The van der Waals surface area contributed by atoms with E-state index >= 15 is 0 Å². The number of esters is 1. The summed E-state index contributed by atoms with van der Waals surface area (Å²) >= 11 is 0. The van der Waals surface area contributed by atoms with Gasteiger partial charge >= 0.3 is 12.1 Å². The quantitative estimate of drug-likeness (QED) is 0.368. The summed E-state index contributed by atoms with van der Waals surface area (Å²) < 4.78 is 19.8. The summed E-state index contributed by atoms with van der Waals surface area (Å²) in [7, 11) is 2.81. The van der Waals surface area contributed by atoms with Crippen molar-refractivity contribution < 1.29 is 38.4 Å². The second kappa shape index (κ2) is 8.91. The fraction of sp³-hybridized carbons (Fsp3) is 0.353. The van der Waals surface area contributed by atoms with Crippen LogP contribution in [0.1, 0.15) is 41.7 Å². The molecule has 0 aliphatic carbocycles. The third-order valence-corrected chi connectivity index (χ3v) is 3.74. The molecule has 0 radical (unpaired) electrons. The van der Waals surface area contributed by atoms with Gasteiger partial charge in [0, 0.05) is 18.7 Å². The summed E-state index contributed by atoms with van der Waals surface area (Å²) in [4.78, 5) is 35.9. The summed E-state index contributed by atoms with van der Waals surface area (Å²) in [5.41, 5.74) is 5.79. The molecule has 0 spiro atoms. The number of hydrogen-bond donors (Lipinski definition) is 2. The molecule has 0 saturated heterocycles. The van der Waals surface area contributed by atoms with E-state index in [0.717, 1.165) is 4.80 Å². The highest BCUT2D eigenvalue weighted by Gasteiger charge is 2.28. The molecule has 12 nitrogen and oxygen atoms in total. The average molecular weight is 408 g/mol. The number of rotatable bonds is 8. The fourth-order valence-corrected chi connectivity index (χ4v) is 2.43. The number of hydrogen-bond acceptors (Lipinski definition) is 10. The monoisotopic (exact) mass is 408 g/mol. The zero-order valence-electron chi connectivity index (χ0n) is 16.2. The van der Waals surface area contributed by atoms with Crippen molar-refractivity contribution in [2.24, 2.45) is 0 Å². The summed E-state index contributed by atoms with van der Waals surface area (Å²) in [6.45, 7) is 2.19. The molecule has 0 amide bonds. The van der Waals surface area contributed by atoms with Crippen molar-refractivity contribution in [1.29, 1.82) is 0 Å². The van der Waals surface area contributed by atoms with Gasteiger partial charge in [0.15, 0.2) is 17.2 Å². The van der Waals surface area contributed by atoms with Crippen LogP contribution in [0.4, 0.5) is 10.5 Å². The second-order valence-corrected chi connectivity index (χ2v) is 5.72. The molecule has 156 valence electrons. The number of anilines is 1. The molecule has 1 atom stereocenters. The van der Waals surface area contributed by atoms with E-state index in [9.17, 15) is 14.4 Å². The van der Waals surface area contributed by atoms with E-state index in [1.807, 2.05) is 0 Å². The van der Waals surface area contributed by atoms with Crippen LogP contribution in [0.5, 0.6) is 11.5 Å². The number of ether oxygens (including phenoxy) is 4. The Hall–Kier alpha value is -3.83. The number of nitrogens with two attached hydrogens (primary N) is 1. The highest BCUT2D eigenvalue weighted by atomic mass is 16.7. The molecule has 1 aromatic carbocycles. The van der Waals surface area contributed by atoms with Crippen LogP contribution < -0.4 is 15.2 Å². The first-order chi connectivity index (χ1) is 13.7. The number of benzene rings is 1. The minimum Gasteiger partial charge on any atom is -0.493 e. The predicted molar refractivity (Wildman–Crippen MR) is 96.7 cm³/mol. The van der Waals surface area contributed by atoms with E-state index in [0.29, 0.717) is 5.75 Å². The maximum atomic E-state index is 13.1. The zero-order valence-corrected chi connectivity index (χ0v) is 16.2. The fourth-order valence-electron chi connectivity index (χ4n) is 2.43. The van der Waals surface area contributed by atoms with Crippen LogP contribution in [0.3, 0.4) is 0 Å². The number of ketones is 1. The van der Waals surface area contributed by atoms with E-state index < -0.39 is 24.0 Å². The molecule has 12 heteroatoms. The van der Waals surface area contributed by atoms with E-state index in [1.54, 1.807) is 0 Å². The maximum Gasteiger partial charge on any atom is 0.506 e. The maximum absolute atomic E-state index is 13.1. The molecule has 29 heavy (non-hydrogen) atoms. The van der Waals surface area contributed by atoms with Crippen molar-refractivity contribution in [3.63, 3.8) is 0 Å². The first kappa shape index (κ1) is 21.5. The van der Waals surface area contributed by atoms with Crippen molar-refractivity contribution in [1.82, 2.24) is 15.0 Å². The first-order valence-corrected chi connectivity index (χ1v) is 8.22. The number of aromatic nitrogens is 3. The number of nitrogen functional groups attached to an aromatic ring is 1. The molecular formula is C17H20N4O8. The van der Waals surface area contributed by atoms with Gasteiger partial charge in [-0.15, -0.1) is 9.90 Å². The minimum atomic E-state index is -1.56. The lowest BCUT2D eigenvalue weighted by Crippen LogP contribution is -2.13. The van der Waals surface area contributed by atoms with Gasteiger partial charge in [-0.05, 0) is 13.0 Å². The van der Waals surface area contributed by atoms with Crippen LogP contribution >= 0.6 is 0 Å². The van der Waals surface area contributed by atoms with Gasteiger partial charge in [-0.3, -0.25) is 9.59 Å². The molecule has 0 saturated carbocycles. The van der Waals surface area contributed by atoms with Crippen molar-refractivity contribution in [2.75, 3.05) is 20.0 Å². The Kier molecular flexibility index (Phi) is 6.59. The summed E-state index contributed by atoms with van der Waals surface area (Å²) in [6, 6.07) is 2.78. The molecule has 2 aromatic rings. The van der Waals surface area contributed by atoms with E-state index in [1.165, 1.54) is 40.2 Å². The molecule has 3 N–H and O–H groups in total. The smallest absolute Gasteiger partial charge is 0.493 e. The molecule has 0 aliphatic heterocycles. The number of carboxylic acid groups (broad SMARTS) is 1. The summed E-state index contributed by atoms with van der Waals surface area (Å²) in [5.74, 6) is -0.666. The van der Waals surface area contributed by atoms with E-state index in [4.69, 9.17) is 25.1 Å². The standard InChI is InChI=1S/C17H20N4O8/c1-8(29-17(24)25)14-15(20-21(19-14)7-28-9(2)22)16(23)10-5-12(26-3)13(27-4)6-11(10)18/h5-6,8H,7,18H2,1-4H3,(H,24,25). The molecule has 1 unspecified atom stereocenters. The Bertz CT molecular complexity index is 940. The number of nitrogens with zero attached hydrogens (tertiary/aromatic N) is 3. The van der Waals surface area contributed by atoms with Crippen LogP contribution in [-0.4, -0.2) is 52.2 Å².